The molecule has 1 atom stereocenters. The van der Waals surface area contributed by atoms with E-state index in [1.54, 1.807) is 0 Å². The molecule has 1 aliphatic heterocycles. The Labute approximate surface area is 105 Å². The minimum absolute atomic E-state index is 0.0909. The van der Waals surface area contributed by atoms with Crippen molar-refractivity contribution in [2.45, 2.75) is 65.1 Å². The summed E-state index contributed by atoms with van der Waals surface area (Å²) in [6, 6.07) is 0. The number of unbranched alkanes of at least 4 members (excludes halogenated alkanes) is 2. The van der Waals surface area contributed by atoms with Crippen LogP contribution in [-0.4, -0.2) is 24.8 Å². The maximum atomic E-state index is 12.0. The normalized spacial score (nSPS) is 20.4. The van der Waals surface area contributed by atoms with Gasteiger partial charge < -0.3 is 9.47 Å². The van der Waals surface area contributed by atoms with Gasteiger partial charge in [-0.3, -0.25) is 4.79 Å². The molecule has 1 aliphatic rings. The van der Waals surface area contributed by atoms with Gasteiger partial charge in [0.05, 0.1) is 19.1 Å². The average Bonchev–Trinajstić information content (AvgIpc) is 2.80. The van der Waals surface area contributed by atoms with Crippen LogP contribution >= 0.6 is 0 Å². The smallest absolute Gasteiger partial charge is 0.178 e. The van der Waals surface area contributed by atoms with E-state index in [9.17, 15) is 4.79 Å². The third-order valence-electron chi connectivity index (χ3n) is 3.58. The van der Waals surface area contributed by atoms with E-state index in [1.807, 2.05) is 13.8 Å². The summed E-state index contributed by atoms with van der Waals surface area (Å²) < 4.78 is 11.6. The van der Waals surface area contributed by atoms with E-state index in [4.69, 9.17) is 9.47 Å². The van der Waals surface area contributed by atoms with Crippen molar-refractivity contribution < 1.29 is 14.3 Å². The fraction of sp³-hybridized carbons (Fsp3) is 0.929. The lowest BCUT2D eigenvalue weighted by atomic mass is 9.86. The van der Waals surface area contributed by atoms with Crippen LogP contribution in [0.15, 0.2) is 0 Å². The lowest BCUT2D eigenvalue weighted by molar-refractivity contribution is -0.202. The van der Waals surface area contributed by atoms with Crippen LogP contribution in [0.25, 0.3) is 0 Å². The quantitative estimate of drug-likeness (QED) is 0.612. The van der Waals surface area contributed by atoms with Crippen molar-refractivity contribution in [2.24, 2.45) is 5.92 Å². The van der Waals surface area contributed by atoms with E-state index in [0.717, 1.165) is 19.3 Å². The Morgan fingerprint density at radius 3 is 2.29 bits per heavy atom. The van der Waals surface area contributed by atoms with Crippen molar-refractivity contribution in [1.82, 2.24) is 0 Å². The lowest BCUT2D eigenvalue weighted by Crippen LogP contribution is -2.43. The van der Waals surface area contributed by atoms with E-state index in [2.05, 4.69) is 6.92 Å². The van der Waals surface area contributed by atoms with Crippen LogP contribution in [0.5, 0.6) is 0 Å². The van der Waals surface area contributed by atoms with Crippen LogP contribution in [-0.2, 0) is 14.3 Å². The van der Waals surface area contributed by atoms with Crippen LogP contribution in [0.1, 0.15) is 59.3 Å². The van der Waals surface area contributed by atoms with Crippen molar-refractivity contribution in [3.05, 3.63) is 0 Å². The van der Waals surface area contributed by atoms with Gasteiger partial charge in [-0.1, -0.05) is 33.6 Å². The molecule has 1 saturated heterocycles. The maximum Gasteiger partial charge on any atom is 0.178 e. The topological polar surface area (TPSA) is 35.5 Å². The van der Waals surface area contributed by atoms with Gasteiger partial charge in [0.2, 0.25) is 0 Å². The van der Waals surface area contributed by atoms with Gasteiger partial charge in [0.25, 0.3) is 0 Å². The van der Waals surface area contributed by atoms with Gasteiger partial charge in [-0.2, -0.15) is 0 Å². The van der Waals surface area contributed by atoms with Gasteiger partial charge in [-0.25, -0.2) is 0 Å². The second kappa shape index (κ2) is 7.12. The number of rotatable bonds is 8. The molecule has 0 aromatic carbocycles. The molecule has 0 aliphatic carbocycles. The first-order valence-corrected chi connectivity index (χ1v) is 7.00. The Kier molecular flexibility index (Phi) is 6.14. The molecule has 0 aromatic rings. The molecule has 1 fully saturated rings. The molecular formula is C14H26O3. The van der Waals surface area contributed by atoms with E-state index in [0.29, 0.717) is 19.6 Å². The number of hydrogen-bond acceptors (Lipinski definition) is 3. The Morgan fingerprint density at radius 1 is 1.18 bits per heavy atom. The predicted molar refractivity (Wildman–Crippen MR) is 67.9 cm³/mol. The van der Waals surface area contributed by atoms with Crippen LogP contribution in [0.4, 0.5) is 0 Å². The first-order chi connectivity index (χ1) is 8.20. The molecule has 0 saturated carbocycles. The Balaban J connectivity index is 2.70. The molecule has 0 amide bonds. The van der Waals surface area contributed by atoms with E-state index < -0.39 is 5.79 Å². The van der Waals surface area contributed by atoms with Crippen molar-refractivity contribution in [1.29, 1.82) is 0 Å². The lowest BCUT2D eigenvalue weighted by Gasteiger charge is -2.34. The number of Topliss-reactive ketones (excluding diaryl/α,β-unsaturated/α-hetero) is 1. The number of carbonyl (C=O) groups excluding carboxylic acids is 1. The highest BCUT2D eigenvalue weighted by molar-refractivity contribution is 5.81. The fourth-order valence-electron chi connectivity index (χ4n) is 2.64. The highest BCUT2D eigenvalue weighted by atomic mass is 16.7. The molecular weight excluding hydrogens is 216 g/mol. The van der Waals surface area contributed by atoms with E-state index in [1.165, 1.54) is 12.8 Å². The molecule has 0 bridgehead atoms. The summed E-state index contributed by atoms with van der Waals surface area (Å²) in [5.41, 5.74) is 0. The zero-order chi connectivity index (χ0) is 12.7. The molecule has 17 heavy (non-hydrogen) atoms. The monoisotopic (exact) mass is 242 g/mol. The summed E-state index contributed by atoms with van der Waals surface area (Å²) in [5, 5.41) is 0. The highest BCUT2D eigenvalue weighted by Crippen LogP contribution is 2.36. The van der Waals surface area contributed by atoms with Crippen LogP contribution in [0.3, 0.4) is 0 Å². The molecule has 1 unspecified atom stereocenters. The van der Waals surface area contributed by atoms with Gasteiger partial charge in [0.1, 0.15) is 5.78 Å². The number of hydrogen-bond donors (Lipinski definition) is 0. The zero-order valence-corrected chi connectivity index (χ0v) is 11.5. The first kappa shape index (κ1) is 14.7. The second-order valence-corrected chi connectivity index (χ2v) is 4.75. The first-order valence-electron chi connectivity index (χ1n) is 7.00. The standard InChI is InChI=1S/C14H26O3/c1-4-7-8-9-14(16-10-11-17-14)12(5-2)13(15)6-3/h12H,4-11H2,1-3H3. The summed E-state index contributed by atoms with van der Waals surface area (Å²) in [4.78, 5) is 12.0. The van der Waals surface area contributed by atoms with Crippen molar-refractivity contribution >= 4 is 5.78 Å². The summed E-state index contributed by atoms with van der Waals surface area (Å²) in [7, 11) is 0. The molecule has 0 spiro atoms. The van der Waals surface area contributed by atoms with Crippen molar-refractivity contribution in [2.75, 3.05) is 13.2 Å². The summed E-state index contributed by atoms with van der Waals surface area (Å²) >= 11 is 0. The third-order valence-corrected chi connectivity index (χ3v) is 3.58. The zero-order valence-electron chi connectivity index (χ0n) is 11.5. The summed E-state index contributed by atoms with van der Waals surface area (Å²) in [6.45, 7) is 7.39. The molecule has 0 aromatic heterocycles. The van der Waals surface area contributed by atoms with E-state index in [-0.39, 0.29) is 11.7 Å². The molecule has 1 heterocycles. The highest BCUT2D eigenvalue weighted by Gasteiger charge is 2.45. The number of carbonyl (C=O) groups is 1. The molecule has 3 nitrogen and oxygen atoms in total. The van der Waals surface area contributed by atoms with Gasteiger partial charge in [-0.15, -0.1) is 0 Å². The van der Waals surface area contributed by atoms with Gasteiger partial charge in [0, 0.05) is 12.8 Å². The minimum Gasteiger partial charge on any atom is -0.347 e. The Morgan fingerprint density at radius 2 is 1.82 bits per heavy atom. The van der Waals surface area contributed by atoms with Crippen LogP contribution in [0, 0.1) is 5.92 Å². The molecule has 1 rings (SSSR count). The average molecular weight is 242 g/mol. The number of ether oxygens (including phenoxy) is 2. The van der Waals surface area contributed by atoms with E-state index >= 15 is 0 Å². The number of ketones is 1. The van der Waals surface area contributed by atoms with Gasteiger partial charge in [0.15, 0.2) is 5.79 Å². The Hall–Kier alpha value is -0.410. The summed E-state index contributed by atoms with van der Waals surface area (Å²) in [5.74, 6) is -0.436. The molecule has 100 valence electrons. The maximum absolute atomic E-state index is 12.0. The fourth-order valence-corrected chi connectivity index (χ4v) is 2.64. The van der Waals surface area contributed by atoms with Crippen LogP contribution in [0.2, 0.25) is 0 Å². The molecule has 3 heteroatoms. The molecule has 0 radical (unpaired) electrons. The second-order valence-electron chi connectivity index (χ2n) is 4.75. The van der Waals surface area contributed by atoms with Gasteiger partial charge >= 0.3 is 0 Å². The van der Waals surface area contributed by atoms with Crippen molar-refractivity contribution in [3.8, 4) is 0 Å². The SMILES string of the molecule is CCCCCC1(C(CC)C(=O)CC)OCCO1. The minimum atomic E-state index is -0.614. The van der Waals surface area contributed by atoms with Crippen LogP contribution < -0.4 is 0 Å². The van der Waals surface area contributed by atoms with Gasteiger partial charge in [-0.05, 0) is 12.8 Å². The summed E-state index contributed by atoms with van der Waals surface area (Å²) in [6.07, 6.45) is 5.65. The largest absolute Gasteiger partial charge is 0.347 e. The predicted octanol–water partition coefficient (Wildman–Crippen LogP) is 3.32. The van der Waals surface area contributed by atoms with Crippen molar-refractivity contribution in [3.63, 3.8) is 0 Å². The third kappa shape index (κ3) is 3.52. The molecule has 0 N–H and O–H groups in total. The Bertz CT molecular complexity index is 232.